The Hall–Kier alpha value is -2.36. The molecule has 0 aliphatic carbocycles. The zero-order valence-electron chi connectivity index (χ0n) is 10.8. The van der Waals surface area contributed by atoms with Crippen LogP contribution in [0.15, 0.2) is 48.7 Å². The lowest BCUT2D eigenvalue weighted by atomic mass is 10.1. The van der Waals surface area contributed by atoms with Crippen molar-refractivity contribution in [2.24, 2.45) is 0 Å². The largest absolute Gasteiger partial charge is 0.482 e. The number of carbonyl (C=O) groups excluding carboxylic acids is 1. The van der Waals surface area contributed by atoms with Crippen LogP contribution in [-0.4, -0.2) is 24.0 Å². The molecule has 1 heterocycles. The normalized spacial score (nSPS) is 9.95. The number of benzene rings is 1. The average Bonchev–Trinajstić information content (AvgIpc) is 2.47. The van der Waals surface area contributed by atoms with Crippen LogP contribution >= 0.6 is 0 Å². The third-order valence-electron chi connectivity index (χ3n) is 2.55. The molecular formula is C15H16N2O2. The molecule has 4 nitrogen and oxygen atoms in total. The highest BCUT2D eigenvalue weighted by Gasteiger charge is 2.02. The molecule has 2 aromatic rings. The average molecular weight is 256 g/mol. The van der Waals surface area contributed by atoms with Gasteiger partial charge >= 0.3 is 0 Å². The van der Waals surface area contributed by atoms with Crippen molar-refractivity contribution in [1.82, 2.24) is 10.3 Å². The maximum Gasteiger partial charge on any atom is 0.257 e. The van der Waals surface area contributed by atoms with Gasteiger partial charge in [-0.2, -0.15) is 0 Å². The Morgan fingerprint density at radius 3 is 2.63 bits per heavy atom. The van der Waals surface area contributed by atoms with E-state index in [0.717, 1.165) is 11.3 Å². The van der Waals surface area contributed by atoms with Gasteiger partial charge in [-0.25, -0.2) is 0 Å². The fourth-order valence-electron chi connectivity index (χ4n) is 1.64. The number of nitrogens with zero attached hydrogens (tertiary/aromatic N) is 1. The maximum absolute atomic E-state index is 11.2. The summed E-state index contributed by atoms with van der Waals surface area (Å²) in [4.78, 5) is 15.6. The Kier molecular flexibility index (Phi) is 4.50. The SMILES string of the molecule is CCNC(=O)COc1ccc(-c2ccccc2)nc1. The van der Waals surface area contributed by atoms with E-state index in [-0.39, 0.29) is 12.5 Å². The number of aromatic nitrogens is 1. The summed E-state index contributed by atoms with van der Waals surface area (Å²) in [7, 11) is 0. The van der Waals surface area contributed by atoms with Crippen LogP contribution in [0.1, 0.15) is 6.92 Å². The van der Waals surface area contributed by atoms with Crippen molar-refractivity contribution in [2.75, 3.05) is 13.2 Å². The van der Waals surface area contributed by atoms with E-state index < -0.39 is 0 Å². The highest BCUT2D eigenvalue weighted by atomic mass is 16.5. The number of carbonyl (C=O) groups is 1. The van der Waals surface area contributed by atoms with Crippen molar-refractivity contribution < 1.29 is 9.53 Å². The minimum atomic E-state index is -0.130. The second-order valence-electron chi connectivity index (χ2n) is 3.99. The van der Waals surface area contributed by atoms with Crippen LogP contribution in [0.25, 0.3) is 11.3 Å². The standard InChI is InChI=1S/C15H16N2O2/c1-2-16-15(18)11-19-13-8-9-14(17-10-13)12-6-4-3-5-7-12/h3-10H,2,11H2,1H3,(H,16,18). The topological polar surface area (TPSA) is 51.2 Å². The number of ether oxygens (including phenoxy) is 1. The number of rotatable bonds is 5. The molecule has 4 heteroatoms. The van der Waals surface area contributed by atoms with Crippen molar-refractivity contribution in [3.05, 3.63) is 48.7 Å². The van der Waals surface area contributed by atoms with Gasteiger partial charge in [0.25, 0.3) is 5.91 Å². The summed E-state index contributed by atoms with van der Waals surface area (Å²) in [6.07, 6.45) is 1.63. The Balaban J connectivity index is 1.97. The van der Waals surface area contributed by atoms with E-state index in [1.54, 1.807) is 6.20 Å². The van der Waals surface area contributed by atoms with Crippen molar-refractivity contribution in [1.29, 1.82) is 0 Å². The van der Waals surface area contributed by atoms with Crippen molar-refractivity contribution in [3.8, 4) is 17.0 Å². The van der Waals surface area contributed by atoms with E-state index in [1.807, 2.05) is 49.4 Å². The van der Waals surface area contributed by atoms with E-state index in [0.29, 0.717) is 12.3 Å². The smallest absolute Gasteiger partial charge is 0.257 e. The lowest BCUT2D eigenvalue weighted by molar-refractivity contribution is -0.122. The number of likely N-dealkylation sites (N-methyl/N-ethyl adjacent to an activating group) is 1. The summed E-state index contributed by atoms with van der Waals surface area (Å²) in [5.74, 6) is 0.459. The lowest BCUT2D eigenvalue weighted by Gasteiger charge is -2.06. The fourth-order valence-corrected chi connectivity index (χ4v) is 1.64. The second-order valence-corrected chi connectivity index (χ2v) is 3.99. The summed E-state index contributed by atoms with van der Waals surface area (Å²) in [6, 6.07) is 13.6. The van der Waals surface area contributed by atoms with E-state index in [4.69, 9.17) is 4.74 Å². The number of hydrogen-bond acceptors (Lipinski definition) is 3. The molecule has 0 saturated carbocycles. The van der Waals surface area contributed by atoms with Gasteiger partial charge in [-0.15, -0.1) is 0 Å². The summed E-state index contributed by atoms with van der Waals surface area (Å²) in [6.45, 7) is 2.49. The van der Waals surface area contributed by atoms with E-state index in [2.05, 4.69) is 10.3 Å². The quantitative estimate of drug-likeness (QED) is 0.892. The van der Waals surface area contributed by atoms with Crippen LogP contribution in [0.2, 0.25) is 0 Å². The molecule has 2 rings (SSSR count). The minimum absolute atomic E-state index is 0.0141. The molecule has 0 spiro atoms. The highest BCUT2D eigenvalue weighted by Crippen LogP contribution is 2.18. The Morgan fingerprint density at radius 1 is 1.21 bits per heavy atom. The van der Waals surface area contributed by atoms with Crippen molar-refractivity contribution >= 4 is 5.91 Å². The Morgan fingerprint density at radius 2 is 2.00 bits per heavy atom. The molecule has 98 valence electrons. The van der Waals surface area contributed by atoms with Gasteiger partial charge in [0.05, 0.1) is 11.9 Å². The highest BCUT2D eigenvalue weighted by molar-refractivity contribution is 5.77. The van der Waals surface area contributed by atoms with Crippen molar-refractivity contribution in [3.63, 3.8) is 0 Å². The number of amides is 1. The first-order chi connectivity index (χ1) is 9.29. The molecule has 0 aliphatic rings. The molecule has 1 aromatic carbocycles. The maximum atomic E-state index is 11.2. The molecule has 0 atom stereocenters. The van der Waals surface area contributed by atoms with Crippen LogP contribution in [0.5, 0.6) is 5.75 Å². The molecular weight excluding hydrogens is 240 g/mol. The fraction of sp³-hybridized carbons (Fsp3) is 0.200. The van der Waals surface area contributed by atoms with Crippen LogP contribution in [0, 0.1) is 0 Å². The monoisotopic (exact) mass is 256 g/mol. The molecule has 0 radical (unpaired) electrons. The van der Waals surface area contributed by atoms with E-state index >= 15 is 0 Å². The predicted octanol–water partition coefficient (Wildman–Crippen LogP) is 2.26. The zero-order valence-corrected chi connectivity index (χ0v) is 10.8. The van der Waals surface area contributed by atoms with Gasteiger partial charge in [0.2, 0.25) is 0 Å². The molecule has 19 heavy (non-hydrogen) atoms. The molecule has 0 aliphatic heterocycles. The minimum Gasteiger partial charge on any atom is -0.482 e. The first kappa shape index (κ1) is 13.1. The number of pyridine rings is 1. The van der Waals surface area contributed by atoms with Gasteiger partial charge in [0.15, 0.2) is 6.61 Å². The number of hydrogen-bond donors (Lipinski definition) is 1. The van der Waals surface area contributed by atoms with E-state index in [9.17, 15) is 4.79 Å². The first-order valence-corrected chi connectivity index (χ1v) is 6.20. The lowest BCUT2D eigenvalue weighted by Crippen LogP contribution is -2.28. The van der Waals surface area contributed by atoms with Crippen molar-refractivity contribution in [2.45, 2.75) is 6.92 Å². The molecule has 0 saturated heterocycles. The van der Waals surface area contributed by atoms with Gasteiger partial charge in [-0.3, -0.25) is 9.78 Å². The van der Waals surface area contributed by atoms with Gasteiger partial charge in [0, 0.05) is 12.1 Å². The molecule has 1 N–H and O–H groups in total. The van der Waals surface area contributed by atoms with Gasteiger partial charge in [-0.1, -0.05) is 30.3 Å². The van der Waals surface area contributed by atoms with Crippen LogP contribution in [0.3, 0.4) is 0 Å². The van der Waals surface area contributed by atoms with E-state index in [1.165, 1.54) is 0 Å². The second kappa shape index (κ2) is 6.54. The molecule has 0 bridgehead atoms. The summed E-state index contributed by atoms with van der Waals surface area (Å²) in [5.41, 5.74) is 1.93. The van der Waals surface area contributed by atoms with Crippen LogP contribution < -0.4 is 10.1 Å². The number of nitrogens with one attached hydrogen (secondary N) is 1. The summed E-state index contributed by atoms with van der Waals surface area (Å²) >= 11 is 0. The molecule has 0 unspecified atom stereocenters. The Labute approximate surface area is 112 Å². The van der Waals surface area contributed by atoms with Gasteiger partial charge in [-0.05, 0) is 19.1 Å². The summed E-state index contributed by atoms with van der Waals surface area (Å²) < 4.78 is 5.34. The zero-order chi connectivity index (χ0) is 13.5. The predicted molar refractivity (Wildman–Crippen MR) is 73.9 cm³/mol. The third kappa shape index (κ3) is 3.81. The van der Waals surface area contributed by atoms with Crippen LogP contribution in [-0.2, 0) is 4.79 Å². The van der Waals surface area contributed by atoms with Gasteiger partial charge in [0.1, 0.15) is 5.75 Å². The molecule has 1 aromatic heterocycles. The molecule has 0 fully saturated rings. The third-order valence-corrected chi connectivity index (χ3v) is 2.55. The molecule has 1 amide bonds. The van der Waals surface area contributed by atoms with Gasteiger partial charge < -0.3 is 10.1 Å². The Bertz CT molecular complexity index is 524. The van der Waals surface area contributed by atoms with Crippen LogP contribution in [0.4, 0.5) is 0 Å². The first-order valence-electron chi connectivity index (χ1n) is 6.20. The summed E-state index contributed by atoms with van der Waals surface area (Å²) in [5, 5.41) is 2.67.